The summed E-state index contributed by atoms with van der Waals surface area (Å²) in [5.74, 6) is 0. The van der Waals surface area contributed by atoms with E-state index >= 15 is 0 Å². The minimum Gasteiger partial charge on any atom is -0.255 e. The van der Waals surface area contributed by atoms with Crippen molar-refractivity contribution in [1.29, 1.82) is 0 Å². The highest BCUT2D eigenvalue weighted by atomic mass is 32.1. The Kier molecular flexibility index (Phi) is 3.04. The van der Waals surface area contributed by atoms with Crippen molar-refractivity contribution in [3.8, 4) is 0 Å². The standard InChI is InChI=1S/C10H10N4S/c1-8-7-15-10(13-8)14-12-6-9-4-2-3-5-11-9/h2-7H,1H3,(H,13,14). The Morgan fingerprint density at radius 2 is 2.40 bits per heavy atom. The Morgan fingerprint density at radius 1 is 1.47 bits per heavy atom. The average molecular weight is 218 g/mol. The first-order chi connectivity index (χ1) is 7.34. The van der Waals surface area contributed by atoms with Crippen molar-refractivity contribution in [2.24, 2.45) is 5.10 Å². The Bertz CT molecular complexity index is 449. The zero-order valence-corrected chi connectivity index (χ0v) is 9.03. The van der Waals surface area contributed by atoms with Crippen LogP contribution < -0.4 is 5.43 Å². The molecule has 2 rings (SSSR count). The average Bonchev–Trinajstić information content (AvgIpc) is 2.66. The summed E-state index contributed by atoms with van der Waals surface area (Å²) in [5, 5.41) is 6.80. The van der Waals surface area contributed by atoms with E-state index in [1.165, 1.54) is 11.3 Å². The van der Waals surface area contributed by atoms with Gasteiger partial charge < -0.3 is 0 Å². The molecular formula is C10H10N4S. The minimum absolute atomic E-state index is 0.791. The van der Waals surface area contributed by atoms with Gasteiger partial charge in [-0.3, -0.25) is 10.4 Å². The van der Waals surface area contributed by atoms with Crippen LogP contribution >= 0.6 is 11.3 Å². The van der Waals surface area contributed by atoms with Crippen LogP contribution in [0.25, 0.3) is 0 Å². The lowest BCUT2D eigenvalue weighted by molar-refractivity contribution is 1.21. The van der Waals surface area contributed by atoms with Gasteiger partial charge in [-0.1, -0.05) is 6.07 Å². The highest BCUT2D eigenvalue weighted by Crippen LogP contribution is 2.13. The smallest absolute Gasteiger partial charge is 0.203 e. The van der Waals surface area contributed by atoms with E-state index in [0.717, 1.165) is 16.5 Å². The quantitative estimate of drug-likeness (QED) is 0.635. The topological polar surface area (TPSA) is 50.2 Å². The number of pyridine rings is 1. The largest absolute Gasteiger partial charge is 0.255 e. The molecule has 0 aliphatic heterocycles. The highest BCUT2D eigenvalue weighted by Gasteiger charge is 1.94. The van der Waals surface area contributed by atoms with Gasteiger partial charge in [0.1, 0.15) is 0 Å². The molecule has 0 aliphatic carbocycles. The summed E-state index contributed by atoms with van der Waals surface area (Å²) in [4.78, 5) is 8.32. The maximum Gasteiger partial charge on any atom is 0.203 e. The van der Waals surface area contributed by atoms with E-state index in [1.807, 2.05) is 30.5 Å². The second kappa shape index (κ2) is 4.65. The lowest BCUT2D eigenvalue weighted by Crippen LogP contribution is -1.91. The van der Waals surface area contributed by atoms with Crippen molar-refractivity contribution < 1.29 is 0 Å². The number of hydrogen-bond acceptors (Lipinski definition) is 5. The van der Waals surface area contributed by atoms with E-state index in [2.05, 4.69) is 20.5 Å². The van der Waals surface area contributed by atoms with Crippen molar-refractivity contribution in [2.45, 2.75) is 6.92 Å². The molecule has 0 radical (unpaired) electrons. The number of thiazole rings is 1. The Morgan fingerprint density at radius 3 is 3.07 bits per heavy atom. The number of nitrogens with zero attached hydrogens (tertiary/aromatic N) is 3. The molecule has 0 aliphatic rings. The van der Waals surface area contributed by atoms with Gasteiger partial charge >= 0.3 is 0 Å². The van der Waals surface area contributed by atoms with Crippen LogP contribution in [0.4, 0.5) is 5.13 Å². The molecule has 0 bridgehead atoms. The number of aromatic nitrogens is 2. The fourth-order valence-corrected chi connectivity index (χ4v) is 1.65. The molecule has 0 spiro atoms. The fourth-order valence-electron chi connectivity index (χ4n) is 1.01. The number of aryl methyl sites for hydroxylation is 1. The molecule has 4 nitrogen and oxygen atoms in total. The van der Waals surface area contributed by atoms with Crippen LogP contribution in [0.1, 0.15) is 11.4 Å². The van der Waals surface area contributed by atoms with Crippen LogP contribution in [-0.4, -0.2) is 16.2 Å². The van der Waals surface area contributed by atoms with Crippen LogP contribution in [0.3, 0.4) is 0 Å². The predicted octanol–water partition coefficient (Wildman–Crippen LogP) is 2.29. The van der Waals surface area contributed by atoms with Gasteiger partial charge in [-0.15, -0.1) is 11.3 Å². The van der Waals surface area contributed by atoms with Crippen LogP contribution in [0.2, 0.25) is 0 Å². The van der Waals surface area contributed by atoms with Crippen molar-refractivity contribution in [3.63, 3.8) is 0 Å². The third-order valence-electron chi connectivity index (χ3n) is 1.66. The zero-order chi connectivity index (χ0) is 10.5. The lowest BCUT2D eigenvalue weighted by Gasteiger charge is -1.92. The van der Waals surface area contributed by atoms with Crippen LogP contribution in [0, 0.1) is 6.92 Å². The SMILES string of the molecule is Cc1csc(NN=Cc2ccccn2)n1. The van der Waals surface area contributed by atoms with Crippen LogP contribution in [-0.2, 0) is 0 Å². The summed E-state index contributed by atoms with van der Waals surface area (Å²) in [6.45, 7) is 1.95. The molecule has 1 N–H and O–H groups in total. The number of hydrazone groups is 1. The zero-order valence-electron chi connectivity index (χ0n) is 8.21. The Labute approximate surface area is 91.7 Å². The summed E-state index contributed by atoms with van der Waals surface area (Å²) in [6, 6.07) is 5.68. The number of hydrogen-bond donors (Lipinski definition) is 1. The maximum atomic E-state index is 4.22. The first-order valence-corrected chi connectivity index (χ1v) is 5.35. The molecular weight excluding hydrogens is 208 g/mol. The molecule has 0 fully saturated rings. The van der Waals surface area contributed by atoms with Gasteiger partial charge in [0, 0.05) is 11.6 Å². The number of nitrogens with one attached hydrogen (secondary N) is 1. The first-order valence-electron chi connectivity index (χ1n) is 4.47. The first kappa shape index (κ1) is 9.79. The van der Waals surface area contributed by atoms with Gasteiger partial charge in [0.05, 0.1) is 17.6 Å². The second-order valence-electron chi connectivity index (χ2n) is 2.92. The third-order valence-corrected chi connectivity index (χ3v) is 2.53. The van der Waals surface area contributed by atoms with Gasteiger partial charge in [-0.2, -0.15) is 5.10 Å². The number of anilines is 1. The highest BCUT2D eigenvalue weighted by molar-refractivity contribution is 7.13. The molecule has 76 valence electrons. The van der Waals surface area contributed by atoms with Crippen molar-refractivity contribution in [3.05, 3.63) is 41.2 Å². The van der Waals surface area contributed by atoms with Gasteiger partial charge in [0.15, 0.2) is 0 Å². The molecule has 0 aromatic carbocycles. The van der Waals surface area contributed by atoms with E-state index < -0.39 is 0 Å². The molecule has 5 heteroatoms. The maximum absolute atomic E-state index is 4.22. The summed E-state index contributed by atoms with van der Waals surface area (Å²) in [7, 11) is 0. The molecule has 15 heavy (non-hydrogen) atoms. The van der Waals surface area contributed by atoms with E-state index in [4.69, 9.17) is 0 Å². The summed E-state index contributed by atoms with van der Waals surface area (Å²) < 4.78 is 0. The fraction of sp³-hybridized carbons (Fsp3) is 0.100. The molecule has 0 atom stereocenters. The normalized spacial score (nSPS) is 10.7. The monoisotopic (exact) mass is 218 g/mol. The van der Waals surface area contributed by atoms with E-state index in [1.54, 1.807) is 12.4 Å². The van der Waals surface area contributed by atoms with Crippen LogP contribution in [0.5, 0.6) is 0 Å². The van der Waals surface area contributed by atoms with Crippen molar-refractivity contribution in [1.82, 2.24) is 9.97 Å². The van der Waals surface area contributed by atoms with E-state index in [-0.39, 0.29) is 0 Å². The molecule has 2 aromatic heterocycles. The molecule has 0 saturated heterocycles. The van der Waals surface area contributed by atoms with Crippen molar-refractivity contribution in [2.75, 3.05) is 5.43 Å². The molecule has 0 saturated carbocycles. The third kappa shape index (κ3) is 2.85. The van der Waals surface area contributed by atoms with E-state index in [0.29, 0.717) is 0 Å². The molecule has 0 unspecified atom stereocenters. The Hall–Kier alpha value is -1.75. The lowest BCUT2D eigenvalue weighted by atomic mass is 10.4. The summed E-state index contributed by atoms with van der Waals surface area (Å²) in [5.41, 5.74) is 4.66. The number of rotatable bonds is 3. The molecule has 0 amide bonds. The molecule has 2 aromatic rings. The van der Waals surface area contributed by atoms with Gasteiger partial charge in [0.2, 0.25) is 5.13 Å². The van der Waals surface area contributed by atoms with E-state index in [9.17, 15) is 0 Å². The Balaban J connectivity index is 1.96. The summed E-state index contributed by atoms with van der Waals surface area (Å²) >= 11 is 1.53. The van der Waals surface area contributed by atoms with Gasteiger partial charge in [-0.05, 0) is 19.1 Å². The minimum atomic E-state index is 0.791. The summed E-state index contributed by atoms with van der Waals surface area (Å²) in [6.07, 6.45) is 3.39. The van der Waals surface area contributed by atoms with Gasteiger partial charge in [0.25, 0.3) is 0 Å². The van der Waals surface area contributed by atoms with Gasteiger partial charge in [-0.25, -0.2) is 4.98 Å². The van der Waals surface area contributed by atoms with Crippen LogP contribution in [0.15, 0.2) is 34.9 Å². The second-order valence-corrected chi connectivity index (χ2v) is 3.78. The van der Waals surface area contributed by atoms with Crippen molar-refractivity contribution >= 4 is 22.7 Å². The molecule has 2 heterocycles. The predicted molar refractivity (Wildman–Crippen MR) is 62.3 cm³/mol.